The van der Waals surface area contributed by atoms with Gasteiger partial charge in [0.1, 0.15) is 0 Å². The van der Waals surface area contributed by atoms with Gasteiger partial charge in [-0.2, -0.15) is 0 Å². The first-order valence-corrected chi connectivity index (χ1v) is 7.52. The lowest BCUT2D eigenvalue weighted by Gasteiger charge is -2.54. The molecule has 2 heteroatoms. The summed E-state index contributed by atoms with van der Waals surface area (Å²) in [5.41, 5.74) is 8.32. The maximum atomic E-state index is 6.00. The van der Waals surface area contributed by atoms with Crippen molar-refractivity contribution >= 4 is 11.6 Å². The Kier molecular flexibility index (Phi) is 3.15. The predicted molar refractivity (Wildman–Crippen MR) is 76.9 cm³/mol. The van der Waals surface area contributed by atoms with Gasteiger partial charge < -0.3 is 5.73 Å². The Bertz CT molecular complexity index is 399. The molecule has 0 aliphatic heterocycles. The molecule has 0 atom stereocenters. The first kappa shape index (κ1) is 12.5. The molecule has 3 saturated carbocycles. The second-order valence-electron chi connectivity index (χ2n) is 6.33. The van der Waals surface area contributed by atoms with Crippen LogP contribution in [0.4, 0.5) is 0 Å². The number of hydrogen-bond donors (Lipinski definition) is 1. The fourth-order valence-corrected chi connectivity index (χ4v) is 4.31. The van der Waals surface area contributed by atoms with Crippen LogP contribution in [0.3, 0.4) is 0 Å². The molecule has 0 saturated heterocycles. The van der Waals surface area contributed by atoms with E-state index < -0.39 is 0 Å². The van der Waals surface area contributed by atoms with Gasteiger partial charge >= 0.3 is 0 Å². The lowest BCUT2D eigenvalue weighted by atomic mass is 9.51. The maximum absolute atomic E-state index is 6.00. The van der Waals surface area contributed by atoms with Gasteiger partial charge in [-0.3, -0.25) is 0 Å². The van der Waals surface area contributed by atoms with Crippen molar-refractivity contribution in [2.75, 3.05) is 6.54 Å². The van der Waals surface area contributed by atoms with Crippen molar-refractivity contribution in [1.82, 2.24) is 0 Å². The molecule has 0 radical (unpaired) electrons. The number of benzene rings is 1. The van der Waals surface area contributed by atoms with Crippen LogP contribution in [-0.2, 0) is 5.41 Å². The molecule has 98 valence electrons. The second-order valence-corrected chi connectivity index (χ2v) is 6.76. The van der Waals surface area contributed by atoms with Crippen molar-refractivity contribution in [2.45, 2.75) is 50.4 Å². The van der Waals surface area contributed by atoms with E-state index in [0.717, 1.165) is 11.6 Å². The molecule has 0 spiro atoms. The SMILES string of the molecule is NCCC12CCC(c3ccc(Cl)cc3)(CC1)CC2. The van der Waals surface area contributed by atoms with Crippen molar-refractivity contribution in [3.63, 3.8) is 0 Å². The van der Waals surface area contributed by atoms with Crippen molar-refractivity contribution in [2.24, 2.45) is 11.1 Å². The molecule has 2 N–H and O–H groups in total. The molecule has 0 heterocycles. The van der Waals surface area contributed by atoms with Crippen LogP contribution in [0.2, 0.25) is 5.02 Å². The van der Waals surface area contributed by atoms with Gasteiger partial charge in [0.05, 0.1) is 0 Å². The van der Waals surface area contributed by atoms with Crippen LogP contribution in [0.5, 0.6) is 0 Å². The van der Waals surface area contributed by atoms with Gasteiger partial charge in [-0.05, 0) is 80.0 Å². The monoisotopic (exact) mass is 263 g/mol. The van der Waals surface area contributed by atoms with Crippen LogP contribution in [0.1, 0.15) is 50.5 Å². The summed E-state index contributed by atoms with van der Waals surface area (Å²) in [6.07, 6.45) is 9.36. The largest absolute Gasteiger partial charge is 0.330 e. The lowest BCUT2D eigenvalue weighted by Crippen LogP contribution is -2.44. The van der Waals surface area contributed by atoms with E-state index in [-0.39, 0.29) is 0 Å². The highest BCUT2D eigenvalue weighted by Gasteiger charge is 2.48. The van der Waals surface area contributed by atoms with Gasteiger partial charge in [-0.1, -0.05) is 23.7 Å². The van der Waals surface area contributed by atoms with Gasteiger partial charge in [0, 0.05) is 5.02 Å². The normalized spacial score (nSPS) is 34.8. The molecule has 0 amide bonds. The second kappa shape index (κ2) is 4.54. The van der Waals surface area contributed by atoms with E-state index in [1.807, 2.05) is 12.1 Å². The third kappa shape index (κ3) is 1.98. The minimum Gasteiger partial charge on any atom is -0.330 e. The van der Waals surface area contributed by atoms with Crippen molar-refractivity contribution in [3.05, 3.63) is 34.9 Å². The molecule has 3 fully saturated rings. The van der Waals surface area contributed by atoms with E-state index in [4.69, 9.17) is 17.3 Å². The van der Waals surface area contributed by atoms with Crippen LogP contribution < -0.4 is 5.73 Å². The summed E-state index contributed by atoms with van der Waals surface area (Å²) in [5.74, 6) is 0. The Hall–Kier alpha value is -0.530. The van der Waals surface area contributed by atoms with E-state index in [2.05, 4.69) is 12.1 Å². The number of rotatable bonds is 3. The average molecular weight is 264 g/mol. The maximum Gasteiger partial charge on any atom is 0.0406 e. The highest BCUT2D eigenvalue weighted by molar-refractivity contribution is 6.30. The molecule has 1 nitrogen and oxygen atoms in total. The predicted octanol–water partition coefficient (Wildman–Crippen LogP) is 4.28. The summed E-state index contributed by atoms with van der Waals surface area (Å²) in [6, 6.07) is 8.57. The Morgan fingerprint density at radius 2 is 1.50 bits per heavy atom. The minimum absolute atomic E-state index is 0.445. The van der Waals surface area contributed by atoms with Crippen LogP contribution in [0.25, 0.3) is 0 Å². The van der Waals surface area contributed by atoms with E-state index in [1.54, 1.807) is 0 Å². The highest BCUT2D eigenvalue weighted by Crippen LogP contribution is 2.58. The van der Waals surface area contributed by atoms with Crippen molar-refractivity contribution < 1.29 is 0 Å². The number of nitrogens with two attached hydrogens (primary N) is 1. The number of halogens is 1. The van der Waals surface area contributed by atoms with Gasteiger partial charge in [0.25, 0.3) is 0 Å². The Morgan fingerprint density at radius 1 is 0.944 bits per heavy atom. The summed E-state index contributed by atoms with van der Waals surface area (Å²) in [7, 11) is 0. The lowest BCUT2D eigenvalue weighted by molar-refractivity contribution is 0.0346. The van der Waals surface area contributed by atoms with E-state index >= 15 is 0 Å². The number of hydrogen-bond acceptors (Lipinski definition) is 1. The van der Waals surface area contributed by atoms with Crippen LogP contribution in [0.15, 0.2) is 24.3 Å². The summed E-state index contributed by atoms with van der Waals surface area (Å²) in [4.78, 5) is 0. The molecule has 3 aliphatic rings. The number of fused-ring (bicyclic) bond motifs is 3. The molecule has 4 rings (SSSR count). The van der Waals surface area contributed by atoms with Gasteiger partial charge in [-0.15, -0.1) is 0 Å². The van der Waals surface area contributed by atoms with Crippen molar-refractivity contribution in [3.8, 4) is 0 Å². The Morgan fingerprint density at radius 3 is 2.00 bits per heavy atom. The smallest absolute Gasteiger partial charge is 0.0406 e. The Labute approximate surface area is 115 Å². The summed E-state index contributed by atoms with van der Waals surface area (Å²) >= 11 is 6.00. The molecular weight excluding hydrogens is 242 g/mol. The van der Waals surface area contributed by atoms with Gasteiger partial charge in [-0.25, -0.2) is 0 Å². The van der Waals surface area contributed by atoms with Gasteiger partial charge in [0.15, 0.2) is 0 Å². The minimum atomic E-state index is 0.445. The van der Waals surface area contributed by atoms with Crippen molar-refractivity contribution in [1.29, 1.82) is 0 Å². The fourth-order valence-electron chi connectivity index (χ4n) is 4.18. The molecular formula is C16H22ClN. The molecule has 0 unspecified atom stereocenters. The molecule has 2 bridgehead atoms. The van der Waals surface area contributed by atoms with Gasteiger partial charge in [0.2, 0.25) is 0 Å². The van der Waals surface area contributed by atoms with E-state index in [0.29, 0.717) is 10.8 Å². The zero-order valence-corrected chi connectivity index (χ0v) is 11.7. The highest BCUT2D eigenvalue weighted by atomic mass is 35.5. The van der Waals surface area contributed by atoms with Crippen LogP contribution in [-0.4, -0.2) is 6.54 Å². The van der Waals surface area contributed by atoms with Crippen LogP contribution in [0, 0.1) is 5.41 Å². The molecule has 3 aliphatic carbocycles. The first-order valence-electron chi connectivity index (χ1n) is 7.14. The third-order valence-corrected chi connectivity index (χ3v) is 5.78. The third-order valence-electron chi connectivity index (χ3n) is 5.53. The molecule has 1 aromatic carbocycles. The summed E-state index contributed by atoms with van der Waals surface area (Å²) in [6.45, 7) is 0.855. The standard InChI is InChI=1S/C16H22ClN/c17-14-3-1-13(2-4-14)16-8-5-15(6-9-16,7-10-16)11-12-18/h1-4H,5-12,18H2. The topological polar surface area (TPSA) is 26.0 Å². The van der Waals surface area contributed by atoms with E-state index in [1.165, 1.54) is 50.5 Å². The first-order chi connectivity index (χ1) is 8.68. The molecule has 1 aromatic rings. The Balaban J connectivity index is 1.82. The van der Waals surface area contributed by atoms with E-state index in [9.17, 15) is 0 Å². The zero-order chi connectivity index (χ0) is 12.6. The summed E-state index contributed by atoms with van der Waals surface area (Å²) in [5, 5.41) is 0.847. The van der Waals surface area contributed by atoms with Crippen LogP contribution >= 0.6 is 11.6 Å². The molecule has 18 heavy (non-hydrogen) atoms. The zero-order valence-electron chi connectivity index (χ0n) is 10.9. The fraction of sp³-hybridized carbons (Fsp3) is 0.625. The molecule has 0 aromatic heterocycles. The summed E-state index contributed by atoms with van der Waals surface area (Å²) < 4.78 is 0. The quantitative estimate of drug-likeness (QED) is 0.865. The average Bonchev–Trinajstić information content (AvgIpc) is 2.42.